The fourth-order valence-corrected chi connectivity index (χ4v) is 5.09. The van der Waals surface area contributed by atoms with Crippen molar-refractivity contribution in [2.24, 2.45) is 0 Å². The van der Waals surface area contributed by atoms with Crippen molar-refractivity contribution in [2.75, 3.05) is 12.0 Å². The Hall–Kier alpha value is -3.24. The van der Waals surface area contributed by atoms with Crippen LogP contribution in [0.1, 0.15) is 36.7 Å². The minimum Gasteiger partial charge on any atom is -0.478 e. The molecule has 5 rings (SSSR count). The zero-order chi connectivity index (χ0) is 20.3. The second-order valence-corrected chi connectivity index (χ2v) is 8.30. The van der Waals surface area contributed by atoms with Gasteiger partial charge >= 0.3 is 17.1 Å². The van der Waals surface area contributed by atoms with Crippen molar-refractivity contribution in [3.8, 4) is 0 Å². The van der Waals surface area contributed by atoms with Crippen molar-refractivity contribution in [3.63, 3.8) is 0 Å². The summed E-state index contributed by atoms with van der Waals surface area (Å²) in [7, 11) is 0. The summed E-state index contributed by atoms with van der Waals surface area (Å²) in [6.45, 7) is 1.47. The van der Waals surface area contributed by atoms with Gasteiger partial charge in [-0.15, -0.1) is 11.3 Å². The Labute approximate surface area is 167 Å². The number of carboxylic acid groups (broad SMARTS) is 1. The predicted octanol–water partition coefficient (Wildman–Crippen LogP) is 0.389. The van der Waals surface area contributed by atoms with Crippen LogP contribution in [0.2, 0.25) is 0 Å². The molecule has 10 heteroatoms. The second-order valence-electron chi connectivity index (χ2n) is 7.20. The Balaban J connectivity index is 1.37. The highest BCUT2D eigenvalue weighted by molar-refractivity contribution is 7.16. The normalized spacial score (nSPS) is 18.1. The van der Waals surface area contributed by atoms with E-state index in [-0.39, 0.29) is 22.5 Å². The number of hydrogen-bond donors (Lipinski definition) is 3. The van der Waals surface area contributed by atoms with Crippen LogP contribution < -0.4 is 21.9 Å². The van der Waals surface area contributed by atoms with Gasteiger partial charge in [0.25, 0.3) is 5.91 Å². The van der Waals surface area contributed by atoms with Gasteiger partial charge in [0.05, 0.1) is 5.56 Å². The molecule has 0 saturated heterocycles. The van der Waals surface area contributed by atoms with Gasteiger partial charge in [0.2, 0.25) is 0 Å². The molecule has 0 aliphatic carbocycles. The zero-order valence-corrected chi connectivity index (χ0v) is 15.9. The van der Waals surface area contributed by atoms with Crippen molar-refractivity contribution < 1.29 is 14.7 Å². The number of fused-ring (bicyclic) bond motifs is 2. The van der Waals surface area contributed by atoms with Gasteiger partial charge in [-0.05, 0) is 23.6 Å². The molecule has 1 aromatic carbocycles. The highest BCUT2D eigenvalue weighted by Crippen LogP contribution is 2.36. The van der Waals surface area contributed by atoms with E-state index in [2.05, 4.69) is 10.7 Å². The number of carbonyl (C=O) groups excluding carboxylic acids is 1. The van der Waals surface area contributed by atoms with E-state index in [4.69, 9.17) is 0 Å². The van der Waals surface area contributed by atoms with Crippen LogP contribution in [0.4, 0.5) is 5.00 Å². The van der Waals surface area contributed by atoms with Crippen LogP contribution in [0, 0.1) is 0 Å². The summed E-state index contributed by atoms with van der Waals surface area (Å²) in [6.07, 6.45) is 0.442. The van der Waals surface area contributed by atoms with Crippen LogP contribution in [0.15, 0.2) is 33.9 Å². The van der Waals surface area contributed by atoms with Crippen LogP contribution in [0.3, 0.4) is 0 Å². The van der Waals surface area contributed by atoms with Gasteiger partial charge in [0.15, 0.2) is 0 Å². The lowest BCUT2D eigenvalue weighted by molar-refractivity contribution is 0.0693. The Morgan fingerprint density at radius 1 is 1.24 bits per heavy atom. The van der Waals surface area contributed by atoms with E-state index < -0.39 is 17.1 Å². The van der Waals surface area contributed by atoms with Crippen molar-refractivity contribution in [1.29, 1.82) is 0 Å². The molecule has 29 heavy (non-hydrogen) atoms. The van der Waals surface area contributed by atoms with E-state index in [0.717, 1.165) is 15.1 Å². The molecule has 0 bridgehead atoms. The Morgan fingerprint density at radius 2 is 2.00 bits per heavy atom. The largest absolute Gasteiger partial charge is 0.478 e. The fourth-order valence-electron chi connectivity index (χ4n) is 3.93. The van der Waals surface area contributed by atoms with Crippen molar-refractivity contribution in [3.05, 3.63) is 72.1 Å². The number of thiophene rings is 1. The molecule has 148 valence electrons. The molecule has 1 amide bonds. The molecule has 4 heterocycles. The summed E-state index contributed by atoms with van der Waals surface area (Å²) >= 11 is 1.22. The van der Waals surface area contributed by atoms with Crippen molar-refractivity contribution in [1.82, 2.24) is 14.9 Å². The number of rotatable bonds is 5. The smallest absolute Gasteiger partial charge is 0.340 e. The van der Waals surface area contributed by atoms with Gasteiger partial charge in [-0.2, -0.15) is 4.68 Å². The number of carboxylic acids is 1. The van der Waals surface area contributed by atoms with E-state index in [1.165, 1.54) is 11.3 Å². The highest BCUT2D eigenvalue weighted by Gasteiger charge is 2.33. The summed E-state index contributed by atoms with van der Waals surface area (Å²) < 4.78 is 0.800. The predicted molar refractivity (Wildman–Crippen MR) is 105 cm³/mol. The molecular formula is C19H16N4O5S. The number of nitrogens with zero attached hydrogens (tertiary/aromatic N) is 2. The first-order chi connectivity index (χ1) is 13.9. The van der Waals surface area contributed by atoms with E-state index in [0.29, 0.717) is 37.2 Å². The topological polar surface area (TPSA) is 121 Å². The summed E-state index contributed by atoms with van der Waals surface area (Å²) in [5, 5.41) is 13.3. The van der Waals surface area contributed by atoms with Crippen LogP contribution in [-0.2, 0) is 19.5 Å². The molecule has 3 N–H and O–H groups in total. The number of benzene rings is 1. The molecule has 0 spiro atoms. The van der Waals surface area contributed by atoms with E-state index in [1.807, 2.05) is 24.3 Å². The Morgan fingerprint density at radius 3 is 2.69 bits per heavy atom. The molecule has 1 unspecified atom stereocenters. The van der Waals surface area contributed by atoms with E-state index in [1.54, 1.807) is 4.90 Å². The molecule has 2 aliphatic rings. The maximum Gasteiger partial charge on any atom is 0.340 e. The molecule has 3 aromatic rings. The maximum atomic E-state index is 12.6. The van der Waals surface area contributed by atoms with Gasteiger partial charge in [-0.1, -0.05) is 18.2 Å². The summed E-state index contributed by atoms with van der Waals surface area (Å²) in [6, 6.07) is 7.42. The first kappa shape index (κ1) is 17.8. The lowest BCUT2D eigenvalue weighted by Crippen LogP contribution is -2.44. The average Bonchev–Trinajstić information content (AvgIpc) is 3.04. The highest BCUT2D eigenvalue weighted by atomic mass is 32.1. The number of anilines is 1. The lowest BCUT2D eigenvalue weighted by atomic mass is 9.97. The lowest BCUT2D eigenvalue weighted by Gasteiger charge is -2.28. The van der Waals surface area contributed by atoms with Crippen LogP contribution in [-0.4, -0.2) is 39.1 Å². The van der Waals surface area contributed by atoms with Crippen molar-refractivity contribution in [2.45, 2.75) is 25.6 Å². The monoisotopic (exact) mass is 412 g/mol. The van der Waals surface area contributed by atoms with E-state index in [9.17, 15) is 24.3 Å². The minimum absolute atomic E-state index is 0.0158. The molecule has 2 aliphatic heterocycles. The standard InChI is InChI=1S/C19H16N4O5S/c24-16-11-4-2-1-3-9(11)7-22(16)8-10-5-12-13(6-20-10)29-15(14(12)19(27)28)21-23-17(25)18(23)26/h1-4,10,20-21H,5-8H2,(H,27,28). The zero-order valence-electron chi connectivity index (χ0n) is 15.1. The van der Waals surface area contributed by atoms with Gasteiger partial charge in [0, 0.05) is 36.1 Å². The van der Waals surface area contributed by atoms with Gasteiger partial charge in [-0.25, -0.2) is 4.79 Å². The Bertz CT molecular complexity index is 1210. The quantitative estimate of drug-likeness (QED) is 0.519. The van der Waals surface area contributed by atoms with E-state index >= 15 is 0 Å². The Kier molecular flexibility index (Phi) is 3.93. The third kappa shape index (κ3) is 2.88. The SMILES string of the molecule is O=C(O)c1c(Nn2c(=O)c2=O)sc2c1CC(CN1Cc3ccccc3C1=O)NC2. The summed E-state index contributed by atoms with van der Waals surface area (Å²) in [5.74, 6) is -1.13. The number of carbonyl (C=O) groups is 2. The first-order valence-electron chi connectivity index (χ1n) is 9.07. The van der Waals surface area contributed by atoms with Gasteiger partial charge in [0.1, 0.15) is 5.00 Å². The number of aromatic carboxylic acids is 1. The number of aromatic nitrogens is 1. The molecule has 0 fully saturated rings. The summed E-state index contributed by atoms with van der Waals surface area (Å²) in [4.78, 5) is 49.6. The average molecular weight is 412 g/mol. The van der Waals surface area contributed by atoms with Crippen LogP contribution in [0.5, 0.6) is 0 Å². The van der Waals surface area contributed by atoms with Crippen LogP contribution >= 0.6 is 11.3 Å². The molecule has 1 atom stereocenters. The van der Waals surface area contributed by atoms with Crippen LogP contribution in [0.25, 0.3) is 0 Å². The van der Waals surface area contributed by atoms with Crippen molar-refractivity contribution >= 4 is 28.2 Å². The first-order valence-corrected chi connectivity index (χ1v) is 9.89. The van der Waals surface area contributed by atoms with Gasteiger partial charge < -0.3 is 15.3 Å². The number of amides is 1. The number of nitrogens with one attached hydrogen (secondary N) is 2. The summed E-state index contributed by atoms with van der Waals surface area (Å²) in [5.41, 5.74) is 3.71. The third-order valence-corrected chi connectivity index (χ3v) is 6.53. The molecule has 0 radical (unpaired) electrons. The molecular weight excluding hydrogens is 396 g/mol. The molecule has 0 saturated carbocycles. The number of hydrogen-bond acceptors (Lipinski definition) is 7. The third-order valence-electron chi connectivity index (χ3n) is 5.40. The maximum absolute atomic E-state index is 12.6. The minimum atomic E-state index is -1.11. The fraction of sp³-hybridized carbons (Fsp3) is 0.263. The molecule has 2 aromatic heterocycles. The van der Waals surface area contributed by atoms with Gasteiger partial charge in [-0.3, -0.25) is 19.8 Å². The second kappa shape index (κ2) is 6.39. The molecule has 9 nitrogen and oxygen atoms in total.